The van der Waals surface area contributed by atoms with Crippen LogP contribution in [0, 0.1) is 6.92 Å². The Morgan fingerprint density at radius 1 is 1.04 bits per heavy atom. The van der Waals surface area contributed by atoms with Gasteiger partial charge in [-0.05, 0) is 52.3 Å². The number of carbonyl (C=O) groups is 1. The molecule has 0 radical (unpaired) electrons. The van der Waals surface area contributed by atoms with Gasteiger partial charge in [0.05, 0.1) is 0 Å². The van der Waals surface area contributed by atoms with E-state index in [4.69, 9.17) is 0 Å². The second-order valence-corrected chi connectivity index (χ2v) is 7.17. The predicted octanol–water partition coefficient (Wildman–Crippen LogP) is 4.48. The molecule has 2 aromatic rings. The summed E-state index contributed by atoms with van der Waals surface area (Å²) in [6, 6.07) is 18.0. The first-order chi connectivity index (χ1) is 11.3. The van der Waals surface area contributed by atoms with Gasteiger partial charge in [0.15, 0.2) is 0 Å². The van der Waals surface area contributed by atoms with Crippen LogP contribution in [0.25, 0.3) is 0 Å². The number of aryl methyl sites for hydroxylation is 1. The third kappa shape index (κ3) is 4.60. The lowest BCUT2D eigenvalue weighted by atomic mass is 10.0. The zero-order valence-corrected chi connectivity index (χ0v) is 15.3. The SMILES string of the molecule is CCN(c1ccc(C)cc1)C(C(=O)NC(C)(C)C)c1ccccc1. The van der Waals surface area contributed by atoms with Crippen molar-refractivity contribution in [1.82, 2.24) is 5.32 Å². The van der Waals surface area contributed by atoms with E-state index in [1.165, 1.54) is 5.56 Å². The number of likely N-dealkylation sites (N-methyl/N-ethyl adjacent to an activating group) is 1. The maximum Gasteiger partial charge on any atom is 0.247 e. The van der Waals surface area contributed by atoms with E-state index in [0.717, 1.165) is 17.8 Å². The van der Waals surface area contributed by atoms with E-state index in [9.17, 15) is 4.79 Å². The lowest BCUT2D eigenvalue weighted by Crippen LogP contribution is -2.48. The highest BCUT2D eigenvalue weighted by Crippen LogP contribution is 2.28. The highest BCUT2D eigenvalue weighted by atomic mass is 16.2. The van der Waals surface area contributed by atoms with Crippen LogP contribution in [0.5, 0.6) is 0 Å². The van der Waals surface area contributed by atoms with Crippen molar-refractivity contribution in [1.29, 1.82) is 0 Å². The summed E-state index contributed by atoms with van der Waals surface area (Å²) in [6.45, 7) is 10.9. The van der Waals surface area contributed by atoms with Crippen LogP contribution in [0.15, 0.2) is 54.6 Å². The van der Waals surface area contributed by atoms with Gasteiger partial charge in [0.25, 0.3) is 0 Å². The Morgan fingerprint density at radius 2 is 1.62 bits per heavy atom. The van der Waals surface area contributed by atoms with Crippen molar-refractivity contribution in [2.24, 2.45) is 0 Å². The first-order valence-electron chi connectivity index (χ1n) is 8.52. The summed E-state index contributed by atoms with van der Waals surface area (Å²) in [6.07, 6.45) is 0. The summed E-state index contributed by atoms with van der Waals surface area (Å²) in [7, 11) is 0. The zero-order chi connectivity index (χ0) is 17.7. The summed E-state index contributed by atoms with van der Waals surface area (Å²) >= 11 is 0. The lowest BCUT2D eigenvalue weighted by Gasteiger charge is -2.34. The molecule has 2 aromatic carbocycles. The summed E-state index contributed by atoms with van der Waals surface area (Å²) in [4.78, 5) is 15.2. The zero-order valence-electron chi connectivity index (χ0n) is 15.3. The standard InChI is InChI=1S/C21H28N2O/c1-6-23(18-14-12-16(2)13-15-18)19(17-10-8-7-9-11-17)20(24)22-21(3,4)5/h7-15,19H,6H2,1-5H3,(H,22,24). The van der Waals surface area contributed by atoms with Crippen molar-refractivity contribution in [2.75, 3.05) is 11.4 Å². The van der Waals surface area contributed by atoms with Crippen LogP contribution in [0.1, 0.15) is 44.9 Å². The van der Waals surface area contributed by atoms with E-state index in [1.54, 1.807) is 0 Å². The molecule has 0 spiro atoms. The summed E-state index contributed by atoms with van der Waals surface area (Å²) in [5.74, 6) is 0.0242. The normalized spacial score (nSPS) is 12.5. The van der Waals surface area contributed by atoms with Crippen molar-refractivity contribution in [3.63, 3.8) is 0 Å². The molecule has 3 nitrogen and oxygen atoms in total. The van der Waals surface area contributed by atoms with Crippen LogP contribution in [0.3, 0.4) is 0 Å². The summed E-state index contributed by atoms with van der Waals surface area (Å²) in [5, 5.41) is 3.13. The highest BCUT2D eigenvalue weighted by molar-refractivity contribution is 5.87. The third-order valence-electron chi connectivity index (χ3n) is 3.88. The van der Waals surface area contributed by atoms with Crippen molar-refractivity contribution >= 4 is 11.6 Å². The highest BCUT2D eigenvalue weighted by Gasteiger charge is 2.29. The van der Waals surface area contributed by atoms with Gasteiger partial charge in [-0.2, -0.15) is 0 Å². The Hall–Kier alpha value is -2.29. The number of hydrogen-bond acceptors (Lipinski definition) is 2. The van der Waals surface area contributed by atoms with Gasteiger partial charge in [-0.25, -0.2) is 0 Å². The maximum absolute atomic E-state index is 13.0. The van der Waals surface area contributed by atoms with E-state index < -0.39 is 0 Å². The smallest absolute Gasteiger partial charge is 0.247 e. The predicted molar refractivity (Wildman–Crippen MR) is 101 cm³/mol. The van der Waals surface area contributed by atoms with E-state index in [-0.39, 0.29) is 17.5 Å². The monoisotopic (exact) mass is 324 g/mol. The molecular formula is C21H28N2O. The van der Waals surface area contributed by atoms with Gasteiger partial charge < -0.3 is 10.2 Å². The average Bonchev–Trinajstić information content (AvgIpc) is 2.52. The molecular weight excluding hydrogens is 296 g/mol. The van der Waals surface area contributed by atoms with Crippen LogP contribution in [-0.2, 0) is 4.79 Å². The Balaban J connectivity index is 2.43. The Morgan fingerprint density at radius 3 is 2.12 bits per heavy atom. The number of carbonyl (C=O) groups excluding carboxylic acids is 1. The van der Waals surface area contributed by atoms with Gasteiger partial charge in [-0.1, -0.05) is 48.0 Å². The van der Waals surface area contributed by atoms with Gasteiger partial charge in [0.1, 0.15) is 6.04 Å². The van der Waals surface area contributed by atoms with E-state index in [0.29, 0.717) is 0 Å². The third-order valence-corrected chi connectivity index (χ3v) is 3.88. The van der Waals surface area contributed by atoms with E-state index in [1.807, 2.05) is 51.1 Å². The van der Waals surface area contributed by atoms with Crippen molar-refractivity contribution in [2.45, 2.75) is 46.2 Å². The van der Waals surface area contributed by atoms with Gasteiger partial charge in [0.2, 0.25) is 5.91 Å². The van der Waals surface area contributed by atoms with Crippen LogP contribution in [0.2, 0.25) is 0 Å². The van der Waals surface area contributed by atoms with Crippen molar-refractivity contribution in [3.05, 3.63) is 65.7 Å². The molecule has 1 atom stereocenters. The van der Waals surface area contributed by atoms with Crippen LogP contribution >= 0.6 is 0 Å². The molecule has 0 fully saturated rings. The molecule has 0 aliphatic carbocycles. The van der Waals surface area contributed by atoms with Crippen molar-refractivity contribution < 1.29 is 4.79 Å². The van der Waals surface area contributed by atoms with Gasteiger partial charge in [-0.3, -0.25) is 4.79 Å². The molecule has 0 saturated heterocycles. The quantitative estimate of drug-likeness (QED) is 0.879. The van der Waals surface area contributed by atoms with Crippen LogP contribution < -0.4 is 10.2 Å². The molecule has 1 N–H and O–H groups in total. The molecule has 0 saturated carbocycles. The minimum absolute atomic E-state index is 0.0242. The Bertz CT molecular complexity index is 656. The average molecular weight is 324 g/mol. The molecule has 1 unspecified atom stereocenters. The number of rotatable bonds is 5. The molecule has 0 aliphatic rings. The fourth-order valence-corrected chi connectivity index (χ4v) is 2.80. The van der Waals surface area contributed by atoms with Gasteiger partial charge in [-0.15, -0.1) is 0 Å². The molecule has 3 heteroatoms. The second kappa shape index (κ2) is 7.52. The molecule has 1 amide bonds. The van der Waals surface area contributed by atoms with Gasteiger partial charge >= 0.3 is 0 Å². The maximum atomic E-state index is 13.0. The number of benzene rings is 2. The van der Waals surface area contributed by atoms with Crippen LogP contribution in [-0.4, -0.2) is 18.0 Å². The number of hydrogen-bond donors (Lipinski definition) is 1. The van der Waals surface area contributed by atoms with E-state index >= 15 is 0 Å². The largest absolute Gasteiger partial charge is 0.356 e. The molecule has 0 bridgehead atoms. The van der Waals surface area contributed by atoms with Gasteiger partial charge in [0, 0.05) is 17.8 Å². The number of amides is 1. The number of anilines is 1. The number of nitrogens with one attached hydrogen (secondary N) is 1. The molecule has 0 aromatic heterocycles. The summed E-state index contributed by atoms with van der Waals surface area (Å²) < 4.78 is 0. The second-order valence-electron chi connectivity index (χ2n) is 7.17. The molecule has 128 valence electrons. The minimum atomic E-state index is -0.349. The van der Waals surface area contributed by atoms with Crippen LogP contribution in [0.4, 0.5) is 5.69 Å². The Labute approximate surface area is 145 Å². The fraction of sp³-hybridized carbons (Fsp3) is 0.381. The van der Waals surface area contributed by atoms with Crippen molar-refractivity contribution in [3.8, 4) is 0 Å². The molecule has 2 rings (SSSR count). The van der Waals surface area contributed by atoms with E-state index in [2.05, 4.69) is 48.3 Å². The Kier molecular flexibility index (Phi) is 5.66. The molecule has 0 heterocycles. The first-order valence-corrected chi connectivity index (χ1v) is 8.52. The number of nitrogens with zero attached hydrogens (tertiary/aromatic N) is 1. The summed E-state index contributed by atoms with van der Waals surface area (Å²) in [5.41, 5.74) is 3.00. The lowest BCUT2D eigenvalue weighted by molar-refractivity contribution is -0.124. The minimum Gasteiger partial charge on any atom is -0.356 e. The fourth-order valence-electron chi connectivity index (χ4n) is 2.80. The first kappa shape index (κ1) is 18.1. The topological polar surface area (TPSA) is 32.3 Å². The molecule has 0 aliphatic heterocycles. The molecule has 24 heavy (non-hydrogen) atoms.